The van der Waals surface area contributed by atoms with Gasteiger partial charge in [0.1, 0.15) is 0 Å². The van der Waals surface area contributed by atoms with Crippen molar-refractivity contribution >= 4 is 0 Å². The molecule has 1 N–H and O–H groups in total. The Kier molecular flexibility index (Phi) is 7.92. The van der Waals surface area contributed by atoms with Crippen LogP contribution >= 0.6 is 0 Å². The molecule has 0 bridgehead atoms. The number of hydrogen-bond acceptors (Lipinski definition) is 2. The van der Waals surface area contributed by atoms with Gasteiger partial charge in [-0.05, 0) is 12.8 Å². The zero-order valence-corrected chi connectivity index (χ0v) is 12.9. The fourth-order valence-corrected chi connectivity index (χ4v) is 2.90. The molecule has 1 saturated heterocycles. The third-order valence-electron chi connectivity index (χ3n) is 4.36. The minimum absolute atomic E-state index is 0.387. The lowest BCUT2D eigenvalue weighted by Gasteiger charge is -2.13. The van der Waals surface area contributed by atoms with Crippen molar-refractivity contribution in [3.63, 3.8) is 0 Å². The van der Waals surface area contributed by atoms with E-state index in [9.17, 15) is 0 Å². The second-order valence-corrected chi connectivity index (χ2v) is 6.03. The molecule has 0 aromatic carbocycles. The number of unbranched alkanes of at least 4 members (excludes halogenated alkanes) is 8. The summed E-state index contributed by atoms with van der Waals surface area (Å²) in [6.07, 6.45) is 16.7. The van der Waals surface area contributed by atoms with E-state index in [4.69, 9.17) is 0 Å². The SMILES string of the molecule is CCCCCCCC1(CCCCCCC)NN1C. The summed E-state index contributed by atoms with van der Waals surface area (Å²) in [6, 6.07) is 0. The maximum absolute atomic E-state index is 3.56. The number of hydrazine groups is 1. The van der Waals surface area contributed by atoms with Crippen LogP contribution in [0.25, 0.3) is 0 Å². The van der Waals surface area contributed by atoms with Crippen molar-refractivity contribution in [1.82, 2.24) is 10.4 Å². The summed E-state index contributed by atoms with van der Waals surface area (Å²) in [5.41, 5.74) is 3.95. The molecule has 1 aliphatic heterocycles. The Morgan fingerprint density at radius 3 is 1.44 bits per heavy atom. The van der Waals surface area contributed by atoms with Crippen molar-refractivity contribution in [3.8, 4) is 0 Å². The van der Waals surface area contributed by atoms with Gasteiger partial charge in [0, 0.05) is 7.05 Å². The van der Waals surface area contributed by atoms with Crippen LogP contribution in [0.1, 0.15) is 90.9 Å². The molecule has 108 valence electrons. The molecule has 0 saturated carbocycles. The Labute approximate surface area is 114 Å². The van der Waals surface area contributed by atoms with E-state index >= 15 is 0 Å². The lowest BCUT2D eigenvalue weighted by Crippen LogP contribution is -2.18. The number of nitrogens with zero attached hydrogens (tertiary/aromatic N) is 1. The normalized spacial score (nSPS) is 21.2. The third kappa shape index (κ3) is 5.71. The van der Waals surface area contributed by atoms with Gasteiger partial charge in [0.15, 0.2) is 0 Å². The zero-order chi connectivity index (χ0) is 13.3. The molecule has 0 spiro atoms. The second-order valence-electron chi connectivity index (χ2n) is 6.03. The number of hydrogen-bond donors (Lipinski definition) is 1. The highest BCUT2D eigenvalue weighted by Gasteiger charge is 2.47. The maximum Gasteiger partial charge on any atom is 0.0970 e. The summed E-state index contributed by atoms with van der Waals surface area (Å²) in [6.45, 7) is 4.57. The lowest BCUT2D eigenvalue weighted by atomic mass is 9.98. The molecule has 18 heavy (non-hydrogen) atoms. The molecule has 0 aromatic heterocycles. The smallest absolute Gasteiger partial charge is 0.0970 e. The van der Waals surface area contributed by atoms with E-state index in [2.05, 4.69) is 31.3 Å². The average molecular weight is 254 g/mol. The summed E-state index contributed by atoms with van der Waals surface area (Å²) >= 11 is 0. The fourth-order valence-electron chi connectivity index (χ4n) is 2.90. The van der Waals surface area contributed by atoms with Crippen LogP contribution in [-0.2, 0) is 0 Å². The first-order valence-electron chi connectivity index (χ1n) is 8.27. The third-order valence-corrected chi connectivity index (χ3v) is 4.36. The Hall–Kier alpha value is -0.0800. The molecule has 0 aliphatic carbocycles. The molecular weight excluding hydrogens is 220 g/mol. The molecule has 1 aliphatic rings. The van der Waals surface area contributed by atoms with Gasteiger partial charge in [-0.3, -0.25) is 0 Å². The van der Waals surface area contributed by atoms with E-state index in [1.807, 2.05) is 0 Å². The quantitative estimate of drug-likeness (QED) is 0.397. The van der Waals surface area contributed by atoms with Crippen molar-refractivity contribution < 1.29 is 0 Å². The van der Waals surface area contributed by atoms with Gasteiger partial charge in [0.2, 0.25) is 0 Å². The first-order valence-corrected chi connectivity index (χ1v) is 8.27. The standard InChI is InChI=1S/C16H34N2/c1-4-6-8-10-12-14-16(17-18(16)3)15-13-11-9-7-5-2/h17H,4-15H2,1-3H3. The highest BCUT2D eigenvalue weighted by Crippen LogP contribution is 2.34. The van der Waals surface area contributed by atoms with Crippen molar-refractivity contribution in [1.29, 1.82) is 0 Å². The predicted octanol–water partition coefficient (Wildman–Crippen LogP) is 4.85. The fraction of sp³-hybridized carbons (Fsp3) is 1.00. The Morgan fingerprint density at radius 2 is 1.11 bits per heavy atom. The Morgan fingerprint density at radius 1 is 0.722 bits per heavy atom. The highest BCUT2D eigenvalue weighted by atomic mass is 15.8. The average Bonchev–Trinajstić information content (AvgIpc) is 3.00. The highest BCUT2D eigenvalue weighted by molar-refractivity contribution is 4.95. The zero-order valence-electron chi connectivity index (χ0n) is 12.9. The van der Waals surface area contributed by atoms with Crippen LogP contribution in [0, 0.1) is 0 Å². The van der Waals surface area contributed by atoms with Gasteiger partial charge in [0.25, 0.3) is 0 Å². The predicted molar refractivity (Wildman–Crippen MR) is 80.4 cm³/mol. The van der Waals surface area contributed by atoms with Gasteiger partial charge in [-0.25, -0.2) is 10.4 Å². The van der Waals surface area contributed by atoms with Crippen molar-refractivity contribution in [2.45, 2.75) is 96.6 Å². The largest absolute Gasteiger partial charge is 0.232 e. The van der Waals surface area contributed by atoms with E-state index < -0.39 is 0 Å². The monoisotopic (exact) mass is 254 g/mol. The van der Waals surface area contributed by atoms with Crippen LogP contribution in [0.15, 0.2) is 0 Å². The first kappa shape index (κ1) is 16.0. The summed E-state index contributed by atoms with van der Waals surface area (Å²) in [7, 11) is 2.21. The van der Waals surface area contributed by atoms with Crippen LogP contribution in [0.5, 0.6) is 0 Å². The topological polar surface area (TPSA) is 25.0 Å². The molecule has 1 unspecified atom stereocenters. The van der Waals surface area contributed by atoms with Gasteiger partial charge < -0.3 is 0 Å². The Bertz CT molecular complexity index is 189. The summed E-state index contributed by atoms with van der Waals surface area (Å²) in [5, 5.41) is 2.34. The Balaban J connectivity index is 2.03. The van der Waals surface area contributed by atoms with Gasteiger partial charge in [-0.1, -0.05) is 78.1 Å². The van der Waals surface area contributed by atoms with Crippen LogP contribution in [-0.4, -0.2) is 17.7 Å². The molecule has 2 heteroatoms. The van der Waals surface area contributed by atoms with E-state index in [-0.39, 0.29) is 0 Å². The summed E-state index contributed by atoms with van der Waals surface area (Å²) in [4.78, 5) is 0. The van der Waals surface area contributed by atoms with Crippen LogP contribution in [0.3, 0.4) is 0 Å². The van der Waals surface area contributed by atoms with Gasteiger partial charge >= 0.3 is 0 Å². The van der Waals surface area contributed by atoms with Gasteiger partial charge in [0.05, 0.1) is 5.66 Å². The number of nitrogens with one attached hydrogen (secondary N) is 1. The molecule has 1 fully saturated rings. The van der Waals surface area contributed by atoms with E-state index in [0.717, 1.165) is 0 Å². The molecule has 1 atom stereocenters. The first-order chi connectivity index (χ1) is 8.75. The molecule has 2 nitrogen and oxygen atoms in total. The second kappa shape index (κ2) is 8.92. The van der Waals surface area contributed by atoms with Crippen LogP contribution in [0.4, 0.5) is 0 Å². The molecule has 0 radical (unpaired) electrons. The molecular formula is C16H34N2. The van der Waals surface area contributed by atoms with E-state index in [0.29, 0.717) is 5.66 Å². The maximum atomic E-state index is 3.56. The summed E-state index contributed by atoms with van der Waals surface area (Å²) < 4.78 is 0. The minimum Gasteiger partial charge on any atom is -0.232 e. The van der Waals surface area contributed by atoms with Crippen molar-refractivity contribution in [3.05, 3.63) is 0 Å². The van der Waals surface area contributed by atoms with Crippen LogP contribution < -0.4 is 5.43 Å². The molecule has 1 rings (SSSR count). The van der Waals surface area contributed by atoms with Crippen LogP contribution in [0.2, 0.25) is 0 Å². The molecule has 0 aromatic rings. The van der Waals surface area contributed by atoms with E-state index in [1.54, 1.807) is 0 Å². The number of rotatable bonds is 12. The molecule has 1 heterocycles. The van der Waals surface area contributed by atoms with E-state index in [1.165, 1.54) is 77.0 Å². The van der Waals surface area contributed by atoms with Crippen molar-refractivity contribution in [2.75, 3.05) is 7.05 Å². The minimum atomic E-state index is 0.387. The van der Waals surface area contributed by atoms with Crippen molar-refractivity contribution in [2.24, 2.45) is 0 Å². The summed E-state index contributed by atoms with van der Waals surface area (Å²) in [5.74, 6) is 0. The molecule has 0 amide bonds. The van der Waals surface area contributed by atoms with Gasteiger partial charge in [-0.2, -0.15) is 0 Å². The lowest BCUT2D eigenvalue weighted by molar-refractivity contribution is 0.376. The van der Waals surface area contributed by atoms with Gasteiger partial charge in [-0.15, -0.1) is 0 Å².